The monoisotopic (exact) mass is 378 g/mol. The molecule has 1 unspecified atom stereocenters. The number of amides is 1. The molecule has 28 heavy (non-hydrogen) atoms. The molecule has 4 rings (SSSR count). The van der Waals surface area contributed by atoms with Crippen LogP contribution >= 0.6 is 0 Å². The van der Waals surface area contributed by atoms with Crippen molar-refractivity contribution in [3.63, 3.8) is 0 Å². The lowest BCUT2D eigenvalue weighted by Gasteiger charge is -2.22. The van der Waals surface area contributed by atoms with Crippen LogP contribution in [0.15, 0.2) is 47.5 Å². The van der Waals surface area contributed by atoms with Crippen molar-refractivity contribution in [3.8, 4) is 5.75 Å². The molecular weight excluding hydrogens is 360 g/mol. The number of nitrogen functional groups attached to an aromatic ring is 1. The first-order valence-electron chi connectivity index (χ1n) is 8.78. The summed E-state index contributed by atoms with van der Waals surface area (Å²) in [6.07, 6.45) is 3.13. The number of ether oxygens (including phenoxy) is 1. The topological polar surface area (TPSA) is 120 Å². The van der Waals surface area contributed by atoms with Gasteiger partial charge in [-0.1, -0.05) is 0 Å². The maximum Gasteiger partial charge on any atom is 0.310 e. The molecular formula is C20H18N4O4. The van der Waals surface area contributed by atoms with Crippen LogP contribution < -0.4 is 15.8 Å². The van der Waals surface area contributed by atoms with Crippen LogP contribution in [0.25, 0.3) is 5.57 Å². The van der Waals surface area contributed by atoms with Crippen LogP contribution in [0, 0.1) is 16.0 Å². The molecule has 1 atom stereocenters. The SMILES string of the molecule is COc1cc(C2=CC3=Nc4cc(N)ccc4NC(=O)C3CC2)ccc1[N+](=O)[O-]. The first kappa shape index (κ1) is 17.7. The van der Waals surface area contributed by atoms with E-state index in [9.17, 15) is 14.9 Å². The van der Waals surface area contributed by atoms with Crippen LogP contribution in [0.5, 0.6) is 5.75 Å². The van der Waals surface area contributed by atoms with E-state index in [1.807, 2.05) is 6.08 Å². The van der Waals surface area contributed by atoms with Gasteiger partial charge >= 0.3 is 5.69 Å². The lowest BCUT2D eigenvalue weighted by atomic mass is 9.84. The number of benzene rings is 2. The third kappa shape index (κ3) is 3.09. The number of allylic oxidation sites excluding steroid dienone is 2. The number of hydrogen-bond donors (Lipinski definition) is 2. The van der Waals surface area contributed by atoms with Gasteiger partial charge in [0, 0.05) is 11.8 Å². The van der Waals surface area contributed by atoms with Gasteiger partial charge in [0.05, 0.1) is 35.0 Å². The number of hydrogen-bond acceptors (Lipinski definition) is 6. The second-order valence-corrected chi connectivity index (χ2v) is 6.71. The third-order valence-electron chi connectivity index (χ3n) is 4.97. The second kappa shape index (κ2) is 6.80. The van der Waals surface area contributed by atoms with E-state index in [4.69, 9.17) is 10.5 Å². The van der Waals surface area contributed by atoms with Crippen LogP contribution in [0.4, 0.5) is 22.7 Å². The van der Waals surface area contributed by atoms with Crippen LogP contribution in [0.2, 0.25) is 0 Å². The van der Waals surface area contributed by atoms with Gasteiger partial charge in [-0.3, -0.25) is 19.9 Å². The average molecular weight is 378 g/mol. The zero-order chi connectivity index (χ0) is 19.8. The molecule has 0 fully saturated rings. The number of fused-ring (bicyclic) bond motifs is 2. The summed E-state index contributed by atoms with van der Waals surface area (Å²) in [5.41, 5.74) is 9.99. The molecule has 2 aromatic carbocycles. The van der Waals surface area contributed by atoms with Gasteiger partial charge < -0.3 is 15.8 Å². The molecule has 8 heteroatoms. The third-order valence-corrected chi connectivity index (χ3v) is 4.97. The Morgan fingerprint density at radius 2 is 2.11 bits per heavy atom. The summed E-state index contributed by atoms with van der Waals surface area (Å²) in [7, 11) is 1.40. The van der Waals surface area contributed by atoms with Crippen molar-refractivity contribution in [2.75, 3.05) is 18.2 Å². The zero-order valence-electron chi connectivity index (χ0n) is 15.1. The van der Waals surface area contributed by atoms with Crippen LogP contribution in [0.3, 0.4) is 0 Å². The number of carbonyl (C=O) groups is 1. The predicted molar refractivity (Wildman–Crippen MR) is 107 cm³/mol. The lowest BCUT2D eigenvalue weighted by molar-refractivity contribution is -0.385. The lowest BCUT2D eigenvalue weighted by Crippen LogP contribution is -2.29. The highest BCUT2D eigenvalue weighted by molar-refractivity contribution is 6.19. The number of nitrogens with one attached hydrogen (secondary N) is 1. The molecule has 0 saturated carbocycles. The predicted octanol–water partition coefficient (Wildman–Crippen LogP) is 3.70. The van der Waals surface area contributed by atoms with Gasteiger partial charge in [-0.15, -0.1) is 0 Å². The molecule has 0 radical (unpaired) electrons. The molecule has 1 amide bonds. The smallest absolute Gasteiger partial charge is 0.310 e. The van der Waals surface area contributed by atoms with Crippen molar-refractivity contribution in [3.05, 3.63) is 58.2 Å². The van der Waals surface area contributed by atoms with Gasteiger partial charge in [0.15, 0.2) is 5.75 Å². The maximum absolute atomic E-state index is 12.6. The number of nitro benzene ring substituents is 1. The Balaban J connectivity index is 1.78. The van der Waals surface area contributed by atoms with Crippen molar-refractivity contribution < 1.29 is 14.5 Å². The fourth-order valence-electron chi connectivity index (χ4n) is 3.54. The minimum absolute atomic E-state index is 0.0869. The molecule has 1 aliphatic heterocycles. The summed E-state index contributed by atoms with van der Waals surface area (Å²) in [6, 6.07) is 9.96. The molecule has 2 aliphatic rings. The normalized spacial score (nSPS) is 18.0. The number of rotatable bonds is 3. The summed E-state index contributed by atoms with van der Waals surface area (Å²) in [4.78, 5) is 27.9. The highest BCUT2D eigenvalue weighted by atomic mass is 16.6. The first-order valence-corrected chi connectivity index (χ1v) is 8.78. The van der Waals surface area contributed by atoms with Gasteiger partial charge in [0.2, 0.25) is 5.91 Å². The van der Waals surface area contributed by atoms with Crippen molar-refractivity contribution in [1.82, 2.24) is 0 Å². The Labute approximate surface area is 160 Å². The molecule has 0 spiro atoms. The van der Waals surface area contributed by atoms with E-state index < -0.39 is 4.92 Å². The van der Waals surface area contributed by atoms with Crippen molar-refractivity contribution in [2.45, 2.75) is 12.8 Å². The van der Waals surface area contributed by atoms with E-state index >= 15 is 0 Å². The summed E-state index contributed by atoms with van der Waals surface area (Å²) < 4.78 is 5.16. The number of carbonyl (C=O) groups excluding carboxylic acids is 1. The number of nitrogens with two attached hydrogens (primary N) is 1. The van der Waals surface area contributed by atoms with Crippen LogP contribution in [0.1, 0.15) is 18.4 Å². The van der Waals surface area contributed by atoms with E-state index in [-0.39, 0.29) is 23.3 Å². The molecule has 3 N–H and O–H groups in total. The van der Waals surface area contributed by atoms with Gasteiger partial charge in [-0.25, -0.2) is 0 Å². The average Bonchev–Trinajstić information content (AvgIpc) is 2.82. The standard InChI is InChI=1S/C20H18N4O4/c1-28-19-9-12(3-7-18(19)24(26)27)11-2-5-14-16(8-11)22-17-10-13(21)4-6-15(17)23-20(14)25/h3-4,6-10,14H,2,5,21H2,1H3,(H,23,25). The van der Waals surface area contributed by atoms with E-state index in [2.05, 4.69) is 10.3 Å². The van der Waals surface area contributed by atoms with Gasteiger partial charge in [-0.2, -0.15) is 0 Å². The van der Waals surface area contributed by atoms with E-state index in [0.717, 1.165) is 11.1 Å². The quantitative estimate of drug-likeness (QED) is 0.479. The molecule has 0 saturated heterocycles. The molecule has 0 aromatic heterocycles. The number of methoxy groups -OCH3 is 1. The van der Waals surface area contributed by atoms with Crippen molar-refractivity contribution >= 4 is 39.9 Å². The largest absolute Gasteiger partial charge is 0.490 e. The summed E-state index contributed by atoms with van der Waals surface area (Å²) in [5, 5.41) is 14.0. The fourth-order valence-corrected chi connectivity index (χ4v) is 3.54. The second-order valence-electron chi connectivity index (χ2n) is 6.71. The highest BCUT2D eigenvalue weighted by Crippen LogP contribution is 2.38. The Kier molecular flexibility index (Phi) is 4.31. The number of aliphatic imine (C=N–C) groups is 1. The number of anilines is 2. The summed E-state index contributed by atoms with van der Waals surface area (Å²) in [5.74, 6) is -0.250. The van der Waals surface area contributed by atoms with Gasteiger partial charge in [-0.05, 0) is 60.4 Å². The molecule has 1 aliphatic carbocycles. The molecule has 1 heterocycles. The summed E-state index contributed by atoms with van der Waals surface area (Å²) in [6.45, 7) is 0. The minimum Gasteiger partial charge on any atom is -0.490 e. The Morgan fingerprint density at radius 1 is 1.29 bits per heavy atom. The van der Waals surface area contributed by atoms with E-state index in [1.54, 1.807) is 30.3 Å². The Bertz CT molecular complexity index is 1060. The number of nitro groups is 1. The highest BCUT2D eigenvalue weighted by Gasteiger charge is 2.31. The van der Waals surface area contributed by atoms with E-state index in [0.29, 0.717) is 35.6 Å². The minimum atomic E-state index is -0.477. The van der Waals surface area contributed by atoms with Gasteiger partial charge in [0.25, 0.3) is 0 Å². The zero-order valence-corrected chi connectivity index (χ0v) is 15.1. The molecule has 142 valence electrons. The van der Waals surface area contributed by atoms with Crippen LogP contribution in [-0.2, 0) is 4.79 Å². The van der Waals surface area contributed by atoms with Crippen molar-refractivity contribution in [2.24, 2.45) is 10.9 Å². The first-order chi connectivity index (χ1) is 13.5. The fraction of sp³-hybridized carbons (Fsp3) is 0.200. The molecule has 8 nitrogen and oxygen atoms in total. The van der Waals surface area contributed by atoms with Gasteiger partial charge in [0.1, 0.15) is 0 Å². The summed E-state index contributed by atoms with van der Waals surface area (Å²) >= 11 is 0. The van der Waals surface area contributed by atoms with Crippen LogP contribution in [-0.4, -0.2) is 23.7 Å². The maximum atomic E-state index is 12.6. The van der Waals surface area contributed by atoms with Crippen molar-refractivity contribution in [1.29, 1.82) is 0 Å². The van der Waals surface area contributed by atoms with E-state index in [1.165, 1.54) is 13.2 Å². The number of nitrogens with zero attached hydrogens (tertiary/aromatic N) is 2. The Hall–Kier alpha value is -3.68. The molecule has 0 bridgehead atoms. The Morgan fingerprint density at radius 3 is 2.86 bits per heavy atom. The molecule has 2 aromatic rings.